The van der Waals surface area contributed by atoms with E-state index in [-0.39, 0.29) is 24.0 Å². The van der Waals surface area contributed by atoms with Crippen molar-refractivity contribution in [1.29, 1.82) is 0 Å². The number of unbranched alkanes of at least 4 members (excludes halogenated alkanes) is 6. The Labute approximate surface area is 169 Å². The molecule has 0 bridgehead atoms. The molecule has 1 aromatic carbocycles. The van der Waals surface area contributed by atoms with Crippen LogP contribution in [0.25, 0.3) is 0 Å². The van der Waals surface area contributed by atoms with E-state index in [4.69, 9.17) is 0 Å². The van der Waals surface area contributed by atoms with Crippen LogP contribution in [0.1, 0.15) is 84.1 Å². The maximum Gasteiger partial charge on any atom is 0.0842 e. The first-order chi connectivity index (χ1) is 11.3. The standard InChI is InChI=1S/C22H40P.HI/c1-4-7-13-18-23(19-14-8-5-2,20-15-9-6-3)21-22-16-11-10-12-17-22;/h10-12,16-17H,4-9,13-15,18-21H2,1-3H3;1H/q+1;/p-1. The van der Waals surface area contributed by atoms with Gasteiger partial charge in [-0.25, -0.2) is 0 Å². The molecule has 0 aliphatic carbocycles. The molecule has 1 aromatic rings. The van der Waals surface area contributed by atoms with Crippen LogP contribution < -0.4 is 24.0 Å². The van der Waals surface area contributed by atoms with Gasteiger partial charge in [0.25, 0.3) is 0 Å². The molecule has 0 nitrogen and oxygen atoms in total. The summed E-state index contributed by atoms with van der Waals surface area (Å²) < 4.78 is 0. The highest BCUT2D eigenvalue weighted by Crippen LogP contribution is 2.63. The van der Waals surface area contributed by atoms with Crippen molar-refractivity contribution in [2.75, 3.05) is 18.5 Å². The van der Waals surface area contributed by atoms with Crippen molar-refractivity contribution in [3.8, 4) is 0 Å². The summed E-state index contributed by atoms with van der Waals surface area (Å²) in [6, 6.07) is 11.4. The summed E-state index contributed by atoms with van der Waals surface area (Å²) >= 11 is 0. The van der Waals surface area contributed by atoms with Crippen LogP contribution in [0.4, 0.5) is 0 Å². The van der Waals surface area contributed by atoms with E-state index in [0.29, 0.717) is 0 Å². The van der Waals surface area contributed by atoms with Gasteiger partial charge in [0.1, 0.15) is 0 Å². The quantitative estimate of drug-likeness (QED) is 0.212. The fourth-order valence-corrected chi connectivity index (χ4v) is 8.45. The molecule has 0 saturated heterocycles. The van der Waals surface area contributed by atoms with Gasteiger partial charge in [-0.05, 0) is 24.8 Å². The fraction of sp³-hybridized carbons (Fsp3) is 0.727. The topological polar surface area (TPSA) is 0 Å². The van der Waals surface area contributed by atoms with Gasteiger partial charge in [0.05, 0.1) is 24.6 Å². The minimum atomic E-state index is -0.807. The third-order valence-electron chi connectivity index (χ3n) is 5.07. The lowest BCUT2D eigenvalue weighted by Gasteiger charge is -2.28. The van der Waals surface area contributed by atoms with E-state index in [2.05, 4.69) is 51.1 Å². The molecule has 0 atom stereocenters. The largest absolute Gasteiger partial charge is 1.00 e. The van der Waals surface area contributed by atoms with Gasteiger partial charge < -0.3 is 24.0 Å². The van der Waals surface area contributed by atoms with Crippen LogP contribution in [0, 0.1) is 0 Å². The number of benzene rings is 1. The van der Waals surface area contributed by atoms with Crippen molar-refractivity contribution in [2.45, 2.75) is 84.7 Å². The second-order valence-corrected chi connectivity index (χ2v) is 11.6. The first kappa shape index (κ1) is 24.4. The molecule has 0 saturated carbocycles. The van der Waals surface area contributed by atoms with Gasteiger partial charge in [-0.1, -0.05) is 89.6 Å². The molecular formula is C22H40IP. The average Bonchev–Trinajstić information content (AvgIpc) is 2.56. The molecule has 0 spiro atoms. The van der Waals surface area contributed by atoms with E-state index in [1.165, 1.54) is 63.9 Å². The highest BCUT2D eigenvalue weighted by molar-refractivity contribution is 7.75. The summed E-state index contributed by atoms with van der Waals surface area (Å²) in [5.41, 5.74) is 1.60. The molecule has 0 aliphatic rings. The van der Waals surface area contributed by atoms with Crippen LogP contribution in [0.15, 0.2) is 30.3 Å². The minimum absolute atomic E-state index is 0. The van der Waals surface area contributed by atoms with Crippen molar-refractivity contribution in [3.63, 3.8) is 0 Å². The van der Waals surface area contributed by atoms with Gasteiger partial charge in [-0.15, -0.1) is 0 Å². The zero-order valence-corrected chi connectivity index (χ0v) is 19.5. The lowest BCUT2D eigenvalue weighted by atomic mass is 10.2. The minimum Gasteiger partial charge on any atom is -1.00 e. The zero-order valence-electron chi connectivity index (χ0n) is 16.4. The molecule has 0 N–H and O–H groups in total. The van der Waals surface area contributed by atoms with Gasteiger partial charge in [0.2, 0.25) is 0 Å². The number of hydrogen-bond acceptors (Lipinski definition) is 0. The molecule has 0 heterocycles. The van der Waals surface area contributed by atoms with Crippen molar-refractivity contribution < 1.29 is 24.0 Å². The predicted octanol–water partition coefficient (Wildman–Crippen LogP) is 4.78. The highest BCUT2D eigenvalue weighted by Gasteiger charge is 2.35. The van der Waals surface area contributed by atoms with E-state index in [9.17, 15) is 0 Å². The lowest BCUT2D eigenvalue weighted by Crippen LogP contribution is -3.00. The average molecular weight is 462 g/mol. The summed E-state index contributed by atoms with van der Waals surface area (Å²) in [6.45, 7) is 7.02. The van der Waals surface area contributed by atoms with Crippen molar-refractivity contribution >= 4 is 7.26 Å². The first-order valence-electron chi connectivity index (χ1n) is 10.2. The normalized spacial score (nSPS) is 11.3. The fourth-order valence-electron chi connectivity index (χ4n) is 3.63. The summed E-state index contributed by atoms with van der Waals surface area (Å²) in [5.74, 6) is 0. The zero-order chi connectivity index (χ0) is 16.8. The number of halogens is 1. The maximum absolute atomic E-state index is 2.37. The Morgan fingerprint density at radius 3 is 1.42 bits per heavy atom. The van der Waals surface area contributed by atoms with Crippen molar-refractivity contribution in [3.05, 3.63) is 35.9 Å². The third kappa shape index (κ3) is 10.4. The number of rotatable bonds is 14. The van der Waals surface area contributed by atoms with Crippen LogP contribution in [0.5, 0.6) is 0 Å². The van der Waals surface area contributed by atoms with Crippen LogP contribution in [-0.4, -0.2) is 18.5 Å². The molecule has 140 valence electrons. The molecule has 0 radical (unpaired) electrons. The van der Waals surface area contributed by atoms with E-state index >= 15 is 0 Å². The van der Waals surface area contributed by atoms with E-state index < -0.39 is 7.26 Å². The molecule has 0 aromatic heterocycles. The van der Waals surface area contributed by atoms with E-state index in [0.717, 1.165) is 0 Å². The summed E-state index contributed by atoms with van der Waals surface area (Å²) in [6.07, 6.45) is 18.8. The third-order valence-corrected chi connectivity index (χ3v) is 9.90. The smallest absolute Gasteiger partial charge is 0.0842 e. The number of hydrogen-bond donors (Lipinski definition) is 0. The Bertz CT molecular complexity index is 350. The Kier molecular flexibility index (Phi) is 15.9. The van der Waals surface area contributed by atoms with Crippen LogP contribution in [0.3, 0.4) is 0 Å². The van der Waals surface area contributed by atoms with Gasteiger partial charge in [-0.2, -0.15) is 0 Å². The molecule has 1 rings (SSSR count). The molecule has 0 fully saturated rings. The van der Waals surface area contributed by atoms with Crippen molar-refractivity contribution in [1.82, 2.24) is 0 Å². The van der Waals surface area contributed by atoms with Gasteiger partial charge in [0, 0.05) is 7.26 Å². The molecule has 0 amide bonds. The molecule has 0 unspecified atom stereocenters. The van der Waals surface area contributed by atoms with E-state index in [1.807, 2.05) is 0 Å². The monoisotopic (exact) mass is 462 g/mol. The Morgan fingerprint density at radius 2 is 1.04 bits per heavy atom. The Morgan fingerprint density at radius 1 is 0.625 bits per heavy atom. The lowest BCUT2D eigenvalue weighted by molar-refractivity contribution is -0.00000520. The second-order valence-electron chi connectivity index (χ2n) is 7.28. The van der Waals surface area contributed by atoms with Crippen LogP contribution in [0.2, 0.25) is 0 Å². The summed E-state index contributed by atoms with van der Waals surface area (Å²) in [7, 11) is -0.807. The van der Waals surface area contributed by atoms with Crippen LogP contribution in [-0.2, 0) is 6.16 Å². The SMILES string of the molecule is CCCCC[P+](CCCCC)(CCCCC)Cc1ccccc1.[I-]. The second kappa shape index (κ2) is 15.6. The summed E-state index contributed by atoms with van der Waals surface area (Å²) in [4.78, 5) is 0. The molecule has 2 heteroatoms. The molecule has 24 heavy (non-hydrogen) atoms. The van der Waals surface area contributed by atoms with Gasteiger partial charge >= 0.3 is 0 Å². The Balaban J connectivity index is 0.00000529. The highest BCUT2D eigenvalue weighted by atomic mass is 127. The van der Waals surface area contributed by atoms with E-state index in [1.54, 1.807) is 24.0 Å². The van der Waals surface area contributed by atoms with Gasteiger partial charge in [-0.3, -0.25) is 0 Å². The molecular weight excluding hydrogens is 422 g/mol. The van der Waals surface area contributed by atoms with Crippen molar-refractivity contribution in [2.24, 2.45) is 0 Å². The van der Waals surface area contributed by atoms with Gasteiger partial charge in [0.15, 0.2) is 0 Å². The van der Waals surface area contributed by atoms with Crippen LogP contribution >= 0.6 is 7.26 Å². The first-order valence-corrected chi connectivity index (χ1v) is 12.7. The Hall–Kier alpha value is 0.380. The maximum atomic E-state index is 2.37. The molecule has 0 aliphatic heterocycles. The summed E-state index contributed by atoms with van der Waals surface area (Å²) in [5, 5.41) is 0. The predicted molar refractivity (Wildman–Crippen MR) is 110 cm³/mol.